The van der Waals surface area contributed by atoms with Crippen LogP contribution in [0.1, 0.15) is 0 Å². The topological polar surface area (TPSA) is 90.5 Å². The van der Waals surface area contributed by atoms with E-state index in [1.54, 1.807) is 67.2 Å². The summed E-state index contributed by atoms with van der Waals surface area (Å²) in [5.41, 5.74) is 6.10. The van der Waals surface area contributed by atoms with Gasteiger partial charge in [0.15, 0.2) is 5.75 Å². The first kappa shape index (κ1) is 18.2. The molecule has 0 bridgehead atoms. The van der Waals surface area contributed by atoms with E-state index in [1.165, 1.54) is 0 Å². The lowest BCUT2D eigenvalue weighted by molar-refractivity contribution is 0.0628. The van der Waals surface area contributed by atoms with E-state index in [4.69, 9.17) is 9.57 Å². The second-order valence-electron chi connectivity index (χ2n) is 6.25. The lowest BCUT2D eigenvalue weighted by Crippen LogP contribution is -2.30. The van der Waals surface area contributed by atoms with Gasteiger partial charge in [-0.2, -0.15) is 5.06 Å². The molecule has 0 aliphatic carbocycles. The molecule has 0 unspecified atom stereocenters. The van der Waals surface area contributed by atoms with E-state index in [1.807, 2.05) is 24.3 Å². The maximum absolute atomic E-state index is 12.2. The van der Waals surface area contributed by atoms with Crippen LogP contribution in [0.3, 0.4) is 0 Å². The molecule has 0 spiro atoms. The van der Waals surface area contributed by atoms with E-state index >= 15 is 0 Å². The number of rotatable bonds is 5. The second kappa shape index (κ2) is 7.85. The number of urea groups is 1. The minimum Gasteiger partial charge on any atom is -0.497 e. The van der Waals surface area contributed by atoms with Gasteiger partial charge in [-0.05, 0) is 36.4 Å². The van der Waals surface area contributed by atoms with Crippen LogP contribution in [0.5, 0.6) is 11.5 Å². The van der Waals surface area contributed by atoms with Crippen molar-refractivity contribution < 1.29 is 14.4 Å². The number of nitrogens with one attached hydrogen (secondary N) is 3. The van der Waals surface area contributed by atoms with E-state index in [2.05, 4.69) is 21.1 Å². The monoisotopic (exact) mass is 392 g/mol. The maximum Gasteiger partial charge on any atom is 0.323 e. The van der Waals surface area contributed by atoms with E-state index in [9.17, 15) is 4.79 Å². The fourth-order valence-corrected chi connectivity index (χ4v) is 2.81. The summed E-state index contributed by atoms with van der Waals surface area (Å²) in [4.78, 5) is 22.2. The molecular weight excluding hydrogens is 372 g/mol. The number of hydrazine groups is 1. The number of methoxy groups -OCH3 is 1. The lowest BCUT2D eigenvalue weighted by Gasteiger charge is -2.25. The molecule has 9 heteroatoms. The van der Waals surface area contributed by atoms with E-state index < -0.39 is 0 Å². The highest BCUT2D eigenvalue weighted by Crippen LogP contribution is 2.26. The van der Waals surface area contributed by atoms with Crippen molar-refractivity contribution in [1.82, 2.24) is 15.5 Å². The van der Waals surface area contributed by atoms with Crippen LogP contribution in [0.15, 0.2) is 77.3 Å². The number of hydroxylamine groups is 2. The molecule has 2 aliphatic rings. The van der Waals surface area contributed by atoms with Crippen LogP contribution in [-0.4, -0.2) is 36.6 Å². The maximum atomic E-state index is 12.2. The Morgan fingerprint density at radius 2 is 1.83 bits per heavy atom. The number of benzene rings is 2. The van der Waals surface area contributed by atoms with Gasteiger partial charge in [-0.1, -0.05) is 6.07 Å². The number of fused-ring (bicyclic) bond motifs is 1. The van der Waals surface area contributed by atoms with Gasteiger partial charge < -0.3 is 25.6 Å². The molecule has 2 aromatic rings. The van der Waals surface area contributed by atoms with Gasteiger partial charge in [0.2, 0.25) is 0 Å². The second-order valence-corrected chi connectivity index (χ2v) is 6.25. The highest BCUT2D eigenvalue weighted by Gasteiger charge is 2.25. The molecule has 0 saturated heterocycles. The standard InChI is InChI=1S/C20H20N6O3/c1-25-18-11-21-13-26(19(18)12-22-25)29-16-8-6-14(7-9-16)23-20(27)24-15-4-3-5-17(10-15)28-2/h3-13,22H,1-2H3,(H2,23,24,27). The van der Waals surface area contributed by atoms with Gasteiger partial charge in [0.25, 0.3) is 0 Å². The van der Waals surface area contributed by atoms with Crippen molar-refractivity contribution in [1.29, 1.82) is 0 Å². The minimum absolute atomic E-state index is 0.352. The number of likely N-dealkylation sites (N-methyl/N-ethyl adjacent to an activating group) is 1. The number of anilines is 2. The van der Waals surface area contributed by atoms with Gasteiger partial charge in [-0.25, -0.2) is 9.79 Å². The van der Waals surface area contributed by atoms with Gasteiger partial charge in [-0.3, -0.25) is 5.01 Å². The Labute approximate surface area is 167 Å². The van der Waals surface area contributed by atoms with E-state index in [0.717, 1.165) is 11.4 Å². The highest BCUT2D eigenvalue weighted by molar-refractivity contribution is 5.99. The summed E-state index contributed by atoms with van der Waals surface area (Å²) >= 11 is 0. The van der Waals surface area contributed by atoms with Crippen molar-refractivity contribution in [2.75, 3.05) is 24.8 Å². The number of ether oxygens (including phenoxy) is 1. The number of carbonyl (C=O) groups is 1. The Bertz CT molecular complexity index is 1000. The minimum atomic E-state index is -0.352. The predicted molar refractivity (Wildman–Crippen MR) is 110 cm³/mol. The normalized spacial score (nSPS) is 14.4. The van der Waals surface area contributed by atoms with Crippen LogP contribution < -0.4 is 25.6 Å². The molecule has 29 heavy (non-hydrogen) atoms. The molecule has 0 saturated carbocycles. The summed E-state index contributed by atoms with van der Waals surface area (Å²) < 4.78 is 5.15. The van der Waals surface area contributed by atoms with Gasteiger partial charge in [-0.15, -0.1) is 0 Å². The van der Waals surface area contributed by atoms with Gasteiger partial charge in [0.1, 0.15) is 23.5 Å². The van der Waals surface area contributed by atoms with Crippen LogP contribution in [0.25, 0.3) is 0 Å². The molecule has 0 fully saturated rings. The summed E-state index contributed by atoms with van der Waals surface area (Å²) in [7, 11) is 3.47. The largest absolute Gasteiger partial charge is 0.497 e. The number of carbonyl (C=O) groups excluding carboxylic acids is 1. The van der Waals surface area contributed by atoms with Crippen LogP contribution >= 0.6 is 0 Å². The molecule has 0 aromatic heterocycles. The van der Waals surface area contributed by atoms with Crippen LogP contribution in [0.2, 0.25) is 0 Å². The third-order valence-electron chi connectivity index (χ3n) is 4.27. The molecule has 9 nitrogen and oxygen atoms in total. The van der Waals surface area contributed by atoms with Crippen LogP contribution in [0, 0.1) is 0 Å². The highest BCUT2D eigenvalue weighted by atomic mass is 16.7. The molecule has 2 amide bonds. The Kier molecular flexibility index (Phi) is 4.93. The average molecular weight is 392 g/mol. The first-order valence-electron chi connectivity index (χ1n) is 8.85. The SMILES string of the molecule is COc1cccc(NC(=O)Nc2ccc(ON3C=NC=C4C3=CNN4C)cc2)c1. The smallest absolute Gasteiger partial charge is 0.323 e. The summed E-state index contributed by atoms with van der Waals surface area (Å²) in [6.07, 6.45) is 5.17. The average Bonchev–Trinajstić information content (AvgIpc) is 3.11. The zero-order valence-corrected chi connectivity index (χ0v) is 15.9. The Balaban J connectivity index is 1.35. The summed E-state index contributed by atoms with van der Waals surface area (Å²) in [5.74, 6) is 1.27. The van der Waals surface area contributed by atoms with Gasteiger partial charge in [0, 0.05) is 30.7 Å². The first-order chi connectivity index (χ1) is 14.1. The van der Waals surface area contributed by atoms with Crippen molar-refractivity contribution in [2.45, 2.75) is 0 Å². The molecule has 2 heterocycles. The first-order valence-corrected chi connectivity index (χ1v) is 8.85. The Hall–Kier alpha value is -4.14. The van der Waals surface area contributed by atoms with Crippen molar-refractivity contribution in [2.24, 2.45) is 4.99 Å². The van der Waals surface area contributed by atoms with Gasteiger partial charge >= 0.3 is 6.03 Å². The zero-order chi connectivity index (χ0) is 20.2. The molecular formula is C20H20N6O3. The number of amides is 2. The molecule has 148 valence electrons. The van der Waals surface area contributed by atoms with Gasteiger partial charge in [0.05, 0.1) is 13.3 Å². The zero-order valence-electron chi connectivity index (χ0n) is 15.9. The predicted octanol–water partition coefficient (Wildman–Crippen LogP) is 3.11. The number of hydrogen-bond acceptors (Lipinski definition) is 7. The van der Waals surface area contributed by atoms with Crippen LogP contribution in [-0.2, 0) is 0 Å². The molecule has 3 N–H and O–H groups in total. The fraction of sp³-hybridized carbons (Fsp3) is 0.100. The quantitative estimate of drug-likeness (QED) is 0.724. The lowest BCUT2D eigenvalue weighted by atomic mass is 10.3. The van der Waals surface area contributed by atoms with Crippen molar-refractivity contribution in [3.63, 3.8) is 0 Å². The number of aliphatic imine (C=N–C) groups is 1. The van der Waals surface area contributed by atoms with Crippen molar-refractivity contribution >= 4 is 23.7 Å². The summed E-state index contributed by atoms with van der Waals surface area (Å²) in [6.45, 7) is 0. The van der Waals surface area contributed by atoms with Crippen LogP contribution in [0.4, 0.5) is 16.2 Å². The van der Waals surface area contributed by atoms with E-state index in [-0.39, 0.29) is 6.03 Å². The molecule has 2 aliphatic heterocycles. The van der Waals surface area contributed by atoms with E-state index in [0.29, 0.717) is 22.9 Å². The summed E-state index contributed by atoms with van der Waals surface area (Å²) in [5, 5.41) is 8.96. The van der Waals surface area contributed by atoms with Crippen molar-refractivity contribution in [3.8, 4) is 11.5 Å². The molecule has 2 aromatic carbocycles. The fourth-order valence-electron chi connectivity index (χ4n) is 2.81. The number of hydrogen-bond donors (Lipinski definition) is 3. The van der Waals surface area contributed by atoms with Crippen molar-refractivity contribution in [3.05, 3.63) is 72.3 Å². The third kappa shape index (κ3) is 4.08. The third-order valence-corrected chi connectivity index (χ3v) is 4.27. The molecule has 0 radical (unpaired) electrons. The molecule has 0 atom stereocenters. The summed E-state index contributed by atoms with van der Waals surface area (Å²) in [6, 6.07) is 13.8. The molecule has 4 rings (SSSR count). The Morgan fingerprint density at radius 3 is 2.62 bits per heavy atom. The Morgan fingerprint density at radius 1 is 1.03 bits per heavy atom. The number of nitrogens with zero attached hydrogens (tertiary/aromatic N) is 3.